The van der Waals surface area contributed by atoms with Crippen LogP contribution in [0.3, 0.4) is 0 Å². The van der Waals surface area contributed by atoms with E-state index in [-0.39, 0.29) is 5.60 Å². The molecule has 0 unspecified atom stereocenters. The van der Waals surface area contributed by atoms with Gasteiger partial charge in [0.05, 0.1) is 4.34 Å². The van der Waals surface area contributed by atoms with Gasteiger partial charge in [-0.15, -0.1) is 11.3 Å². The number of hydrogen-bond donors (Lipinski definition) is 0. The van der Waals surface area contributed by atoms with Crippen molar-refractivity contribution < 1.29 is 9.26 Å². The highest BCUT2D eigenvalue weighted by atomic mass is 35.5. The minimum atomic E-state index is -0.293. The van der Waals surface area contributed by atoms with E-state index in [9.17, 15) is 0 Å². The maximum atomic E-state index is 5.99. The highest BCUT2D eigenvalue weighted by Gasteiger charge is 2.48. The van der Waals surface area contributed by atoms with Gasteiger partial charge in [-0.2, -0.15) is 4.98 Å². The van der Waals surface area contributed by atoms with Gasteiger partial charge in [-0.1, -0.05) is 16.8 Å². The lowest BCUT2D eigenvalue weighted by molar-refractivity contribution is -0.0858. The van der Waals surface area contributed by atoms with Crippen LogP contribution < -0.4 is 0 Å². The van der Waals surface area contributed by atoms with E-state index in [1.165, 1.54) is 4.88 Å². The molecule has 2 aliphatic rings. The van der Waals surface area contributed by atoms with E-state index < -0.39 is 0 Å². The van der Waals surface area contributed by atoms with Crippen LogP contribution in [0, 0.1) is 0 Å². The topological polar surface area (TPSA) is 48.2 Å². The lowest BCUT2D eigenvalue weighted by atomic mass is 9.79. The van der Waals surface area contributed by atoms with Gasteiger partial charge in [-0.05, 0) is 37.8 Å². The zero-order valence-corrected chi connectivity index (χ0v) is 12.7. The first kappa shape index (κ1) is 12.8. The van der Waals surface area contributed by atoms with Crippen molar-refractivity contribution in [2.24, 2.45) is 0 Å². The fourth-order valence-corrected chi connectivity index (χ4v) is 4.14. The molecular formula is C14H15ClN2O2S. The van der Waals surface area contributed by atoms with Crippen molar-refractivity contribution in [3.05, 3.63) is 33.1 Å². The third-order valence-electron chi connectivity index (χ3n) is 4.47. The summed E-state index contributed by atoms with van der Waals surface area (Å²) in [5, 5.41) is 4.14. The molecule has 0 aromatic carbocycles. The SMILES string of the molecule is COC1(c2noc([C@@H]3C[C@H]3c3ccc(Cl)s3)n2)CCC1. The second kappa shape index (κ2) is 4.55. The summed E-state index contributed by atoms with van der Waals surface area (Å²) >= 11 is 7.63. The Labute approximate surface area is 126 Å². The van der Waals surface area contributed by atoms with Crippen LogP contribution in [0.15, 0.2) is 16.7 Å². The largest absolute Gasteiger partial charge is 0.370 e. The van der Waals surface area contributed by atoms with Gasteiger partial charge in [0, 0.05) is 23.8 Å². The van der Waals surface area contributed by atoms with Crippen molar-refractivity contribution in [2.45, 2.75) is 43.1 Å². The number of methoxy groups -OCH3 is 1. The molecule has 2 saturated carbocycles. The van der Waals surface area contributed by atoms with Crippen LogP contribution in [-0.4, -0.2) is 17.3 Å². The first-order valence-electron chi connectivity index (χ1n) is 6.86. The minimum absolute atomic E-state index is 0.293. The number of nitrogens with zero attached hydrogens (tertiary/aromatic N) is 2. The first-order chi connectivity index (χ1) is 9.72. The van der Waals surface area contributed by atoms with Crippen molar-refractivity contribution in [2.75, 3.05) is 7.11 Å². The molecule has 0 spiro atoms. The first-order valence-corrected chi connectivity index (χ1v) is 8.06. The molecule has 0 bridgehead atoms. The third kappa shape index (κ3) is 1.91. The Morgan fingerprint density at radius 3 is 2.85 bits per heavy atom. The summed E-state index contributed by atoms with van der Waals surface area (Å²) < 4.78 is 11.9. The number of aromatic nitrogens is 2. The molecule has 2 aromatic rings. The summed E-state index contributed by atoms with van der Waals surface area (Å²) in [7, 11) is 1.72. The second-order valence-corrected chi connectivity index (χ2v) is 7.35. The second-order valence-electron chi connectivity index (χ2n) is 5.60. The molecule has 2 aromatic heterocycles. The van der Waals surface area contributed by atoms with Gasteiger partial charge >= 0.3 is 0 Å². The molecular weight excluding hydrogens is 296 g/mol. The standard InChI is InChI=1S/C14H15ClN2O2S/c1-18-14(5-2-6-14)13-16-12(19-17-13)9-7-8(9)10-3-4-11(15)20-10/h3-4,8-9H,2,5-7H2,1H3/t8-,9-/m1/s1. The minimum Gasteiger partial charge on any atom is -0.370 e. The Hall–Kier alpha value is -0.910. The van der Waals surface area contributed by atoms with Crippen molar-refractivity contribution in [3.8, 4) is 0 Å². The number of thiophene rings is 1. The van der Waals surface area contributed by atoms with Crippen molar-refractivity contribution in [1.29, 1.82) is 0 Å². The Morgan fingerprint density at radius 2 is 2.25 bits per heavy atom. The molecule has 0 radical (unpaired) electrons. The molecule has 4 rings (SSSR count). The normalized spacial score (nSPS) is 27.3. The molecule has 2 atom stereocenters. The Morgan fingerprint density at radius 1 is 1.40 bits per heavy atom. The molecule has 20 heavy (non-hydrogen) atoms. The Balaban J connectivity index is 1.52. The maximum Gasteiger partial charge on any atom is 0.230 e. The molecule has 2 aliphatic carbocycles. The van der Waals surface area contributed by atoms with E-state index in [2.05, 4.69) is 16.2 Å². The van der Waals surface area contributed by atoms with Crippen LogP contribution in [0.2, 0.25) is 4.34 Å². The molecule has 6 heteroatoms. The molecule has 2 fully saturated rings. The van der Waals surface area contributed by atoms with E-state index in [0.717, 1.165) is 41.7 Å². The predicted molar refractivity (Wildman–Crippen MR) is 76.3 cm³/mol. The lowest BCUT2D eigenvalue weighted by Gasteiger charge is -2.37. The number of hydrogen-bond acceptors (Lipinski definition) is 5. The summed E-state index contributed by atoms with van der Waals surface area (Å²) in [5.41, 5.74) is -0.293. The molecule has 4 nitrogen and oxygen atoms in total. The Bertz CT molecular complexity index is 629. The Kier molecular flexibility index (Phi) is 2.91. The van der Waals surface area contributed by atoms with E-state index in [1.54, 1.807) is 18.4 Å². The smallest absolute Gasteiger partial charge is 0.230 e. The summed E-state index contributed by atoms with van der Waals surface area (Å²) in [5.74, 6) is 2.30. The van der Waals surface area contributed by atoms with Gasteiger partial charge in [0.2, 0.25) is 11.7 Å². The van der Waals surface area contributed by atoms with Crippen LogP contribution in [-0.2, 0) is 10.3 Å². The van der Waals surface area contributed by atoms with Crippen molar-refractivity contribution in [1.82, 2.24) is 10.1 Å². The third-order valence-corrected chi connectivity index (χ3v) is 5.83. The number of halogens is 1. The predicted octanol–water partition coefficient (Wildman–Crippen LogP) is 4.08. The van der Waals surface area contributed by atoms with Gasteiger partial charge in [0.15, 0.2) is 0 Å². The van der Waals surface area contributed by atoms with Crippen LogP contribution in [0.5, 0.6) is 0 Å². The molecule has 0 amide bonds. The highest BCUT2D eigenvalue weighted by molar-refractivity contribution is 7.16. The summed E-state index contributed by atoms with van der Waals surface area (Å²) in [6.07, 6.45) is 4.20. The molecule has 2 heterocycles. The lowest BCUT2D eigenvalue weighted by Crippen LogP contribution is -2.37. The summed E-state index contributed by atoms with van der Waals surface area (Å²) in [6, 6.07) is 4.04. The molecule has 0 aliphatic heterocycles. The zero-order valence-electron chi connectivity index (χ0n) is 11.1. The molecule has 106 valence electrons. The fourth-order valence-electron chi connectivity index (χ4n) is 2.90. The average Bonchev–Trinajstić information content (AvgIpc) is 2.82. The number of ether oxygens (including phenoxy) is 1. The van der Waals surface area contributed by atoms with Gasteiger partial charge in [-0.3, -0.25) is 0 Å². The summed E-state index contributed by atoms with van der Waals surface area (Å²) in [6.45, 7) is 0. The van der Waals surface area contributed by atoms with Gasteiger partial charge < -0.3 is 9.26 Å². The van der Waals surface area contributed by atoms with Crippen LogP contribution in [0.4, 0.5) is 0 Å². The van der Waals surface area contributed by atoms with Crippen LogP contribution >= 0.6 is 22.9 Å². The van der Waals surface area contributed by atoms with Gasteiger partial charge in [0.25, 0.3) is 0 Å². The van der Waals surface area contributed by atoms with E-state index in [0.29, 0.717) is 11.8 Å². The van der Waals surface area contributed by atoms with Gasteiger partial charge in [0.1, 0.15) is 5.60 Å². The number of rotatable bonds is 4. The quantitative estimate of drug-likeness (QED) is 0.853. The average molecular weight is 311 g/mol. The van der Waals surface area contributed by atoms with Crippen LogP contribution in [0.25, 0.3) is 0 Å². The van der Waals surface area contributed by atoms with Gasteiger partial charge in [-0.25, -0.2) is 0 Å². The van der Waals surface area contributed by atoms with E-state index >= 15 is 0 Å². The molecule has 0 N–H and O–H groups in total. The van der Waals surface area contributed by atoms with Crippen molar-refractivity contribution in [3.63, 3.8) is 0 Å². The van der Waals surface area contributed by atoms with Crippen molar-refractivity contribution >= 4 is 22.9 Å². The van der Waals surface area contributed by atoms with E-state index in [1.807, 2.05) is 6.07 Å². The van der Waals surface area contributed by atoms with Crippen LogP contribution in [0.1, 0.15) is 54.1 Å². The van der Waals surface area contributed by atoms with E-state index in [4.69, 9.17) is 20.9 Å². The highest BCUT2D eigenvalue weighted by Crippen LogP contribution is 2.56. The monoisotopic (exact) mass is 310 g/mol. The summed E-state index contributed by atoms with van der Waals surface area (Å²) in [4.78, 5) is 5.90. The molecule has 0 saturated heterocycles. The maximum absolute atomic E-state index is 5.99. The fraction of sp³-hybridized carbons (Fsp3) is 0.571. The zero-order chi connectivity index (χ0) is 13.7.